The third-order valence-corrected chi connectivity index (χ3v) is 2.01. The number of hydrogen-bond donors (Lipinski definition) is 1. The van der Waals surface area contributed by atoms with E-state index in [4.69, 9.17) is 11.6 Å². The second-order valence-electron chi connectivity index (χ2n) is 1.86. The minimum absolute atomic E-state index is 0.418. The predicted octanol–water partition coefficient (Wildman–Crippen LogP) is 2.17. The summed E-state index contributed by atoms with van der Waals surface area (Å²) < 4.78 is 0.842. The van der Waals surface area contributed by atoms with Crippen molar-refractivity contribution >= 4 is 40.0 Å². The maximum absolute atomic E-state index is 5.64. The fourth-order valence-electron chi connectivity index (χ4n) is 0.633. The third kappa shape index (κ3) is 2.44. The van der Waals surface area contributed by atoms with Gasteiger partial charge in [-0.15, -0.1) is 0 Å². The van der Waals surface area contributed by atoms with Gasteiger partial charge in [-0.05, 0) is 29.5 Å². The SMILES string of the molecule is CCNc1nc(Cl)cnc1I. The van der Waals surface area contributed by atoms with Crippen LogP contribution >= 0.6 is 34.2 Å². The number of halogens is 2. The number of hydrogen-bond acceptors (Lipinski definition) is 3. The number of rotatable bonds is 2. The van der Waals surface area contributed by atoms with Gasteiger partial charge in [0, 0.05) is 6.54 Å². The molecule has 1 rings (SSSR count). The van der Waals surface area contributed by atoms with E-state index < -0.39 is 0 Å². The molecular formula is C6H7ClIN3. The molecule has 0 spiro atoms. The smallest absolute Gasteiger partial charge is 0.160 e. The standard InChI is InChI=1S/C6H7ClIN3/c1-2-9-6-5(8)10-3-4(7)11-6/h3H,2H2,1H3,(H,9,11). The lowest BCUT2D eigenvalue weighted by atomic mass is 10.6. The van der Waals surface area contributed by atoms with Gasteiger partial charge in [0.15, 0.2) is 5.82 Å². The first-order valence-corrected chi connectivity index (χ1v) is 4.61. The van der Waals surface area contributed by atoms with Gasteiger partial charge in [0.05, 0.1) is 6.20 Å². The van der Waals surface area contributed by atoms with Crippen LogP contribution in [0.1, 0.15) is 6.92 Å². The summed E-state index contributed by atoms with van der Waals surface area (Å²) in [6.07, 6.45) is 1.53. The molecule has 0 aliphatic carbocycles. The average Bonchev–Trinajstić information content (AvgIpc) is 1.98. The van der Waals surface area contributed by atoms with Crippen molar-refractivity contribution in [3.8, 4) is 0 Å². The molecule has 3 nitrogen and oxygen atoms in total. The highest BCUT2D eigenvalue weighted by Gasteiger charge is 2.00. The molecular weight excluding hydrogens is 276 g/mol. The largest absolute Gasteiger partial charge is 0.368 e. The van der Waals surface area contributed by atoms with Gasteiger partial charge in [-0.25, -0.2) is 9.97 Å². The average molecular weight is 284 g/mol. The highest BCUT2D eigenvalue weighted by Crippen LogP contribution is 2.14. The van der Waals surface area contributed by atoms with Crippen molar-refractivity contribution in [3.63, 3.8) is 0 Å². The Hall–Kier alpha value is -0.100. The van der Waals surface area contributed by atoms with E-state index >= 15 is 0 Å². The molecule has 5 heteroatoms. The van der Waals surface area contributed by atoms with E-state index in [1.54, 1.807) is 0 Å². The molecule has 0 bridgehead atoms. The molecule has 0 fully saturated rings. The van der Waals surface area contributed by atoms with Crippen molar-refractivity contribution in [3.05, 3.63) is 15.1 Å². The summed E-state index contributed by atoms with van der Waals surface area (Å²) >= 11 is 7.74. The first-order valence-electron chi connectivity index (χ1n) is 3.16. The lowest BCUT2D eigenvalue weighted by Crippen LogP contribution is -2.02. The Bertz CT molecular complexity index is 254. The van der Waals surface area contributed by atoms with Gasteiger partial charge in [0.2, 0.25) is 0 Å². The molecule has 1 aromatic rings. The maximum Gasteiger partial charge on any atom is 0.160 e. The van der Waals surface area contributed by atoms with Crippen molar-refractivity contribution in [1.29, 1.82) is 0 Å². The molecule has 60 valence electrons. The Morgan fingerprint density at radius 2 is 2.45 bits per heavy atom. The monoisotopic (exact) mass is 283 g/mol. The van der Waals surface area contributed by atoms with E-state index in [0.717, 1.165) is 16.1 Å². The normalized spacial score (nSPS) is 9.73. The third-order valence-electron chi connectivity index (χ3n) is 1.04. The summed E-state index contributed by atoms with van der Waals surface area (Å²) in [7, 11) is 0. The van der Waals surface area contributed by atoms with Gasteiger partial charge in [0.1, 0.15) is 8.85 Å². The van der Waals surface area contributed by atoms with Gasteiger partial charge in [0.25, 0.3) is 0 Å². The zero-order chi connectivity index (χ0) is 8.27. The molecule has 0 saturated heterocycles. The van der Waals surface area contributed by atoms with Crippen LogP contribution in [0, 0.1) is 3.70 Å². The second-order valence-corrected chi connectivity index (χ2v) is 3.27. The quantitative estimate of drug-likeness (QED) is 0.845. The lowest BCUT2D eigenvalue weighted by Gasteiger charge is -2.02. The Balaban J connectivity index is 2.93. The molecule has 0 radical (unpaired) electrons. The molecule has 1 N–H and O–H groups in total. The first-order chi connectivity index (χ1) is 5.24. The van der Waals surface area contributed by atoms with Crippen LogP contribution in [0.25, 0.3) is 0 Å². The van der Waals surface area contributed by atoms with Gasteiger partial charge < -0.3 is 5.32 Å². The van der Waals surface area contributed by atoms with Gasteiger partial charge in [-0.1, -0.05) is 11.6 Å². The van der Waals surface area contributed by atoms with Gasteiger partial charge in [-0.2, -0.15) is 0 Å². The zero-order valence-electron chi connectivity index (χ0n) is 5.93. The highest BCUT2D eigenvalue weighted by molar-refractivity contribution is 14.1. The van der Waals surface area contributed by atoms with Crippen LogP contribution < -0.4 is 5.32 Å². The summed E-state index contributed by atoms with van der Waals surface area (Å²) in [6, 6.07) is 0. The Morgan fingerprint density at radius 3 is 3.09 bits per heavy atom. The van der Waals surface area contributed by atoms with E-state index in [2.05, 4.69) is 37.9 Å². The summed E-state index contributed by atoms with van der Waals surface area (Å²) in [5.41, 5.74) is 0. The number of anilines is 1. The topological polar surface area (TPSA) is 37.8 Å². The van der Waals surface area contributed by atoms with E-state index in [0.29, 0.717) is 5.15 Å². The van der Waals surface area contributed by atoms with Crippen LogP contribution in [0.5, 0.6) is 0 Å². The Morgan fingerprint density at radius 1 is 1.73 bits per heavy atom. The molecule has 1 aromatic heterocycles. The molecule has 0 amide bonds. The molecule has 1 heterocycles. The predicted molar refractivity (Wildman–Crippen MR) is 53.9 cm³/mol. The molecule has 0 aliphatic heterocycles. The lowest BCUT2D eigenvalue weighted by molar-refractivity contribution is 1.10. The molecule has 0 aromatic carbocycles. The summed E-state index contributed by atoms with van der Waals surface area (Å²) in [5, 5.41) is 3.47. The van der Waals surface area contributed by atoms with E-state index in [9.17, 15) is 0 Å². The molecule has 0 atom stereocenters. The van der Waals surface area contributed by atoms with E-state index in [-0.39, 0.29) is 0 Å². The van der Waals surface area contributed by atoms with Crippen molar-refractivity contribution in [2.75, 3.05) is 11.9 Å². The highest BCUT2D eigenvalue weighted by atomic mass is 127. The van der Waals surface area contributed by atoms with Crippen LogP contribution in [0.15, 0.2) is 6.20 Å². The van der Waals surface area contributed by atoms with Crippen LogP contribution in [0.3, 0.4) is 0 Å². The van der Waals surface area contributed by atoms with Crippen molar-refractivity contribution in [2.24, 2.45) is 0 Å². The molecule has 11 heavy (non-hydrogen) atoms. The molecule has 0 aliphatic rings. The van der Waals surface area contributed by atoms with Crippen LogP contribution in [0.2, 0.25) is 5.15 Å². The summed E-state index contributed by atoms with van der Waals surface area (Å²) in [4.78, 5) is 8.07. The fraction of sp³-hybridized carbons (Fsp3) is 0.333. The number of nitrogens with zero attached hydrogens (tertiary/aromatic N) is 2. The zero-order valence-corrected chi connectivity index (χ0v) is 8.85. The summed E-state index contributed by atoms with van der Waals surface area (Å²) in [5.74, 6) is 0.751. The molecule has 0 saturated carbocycles. The first kappa shape index (κ1) is 8.99. The minimum Gasteiger partial charge on any atom is -0.368 e. The minimum atomic E-state index is 0.418. The number of nitrogens with one attached hydrogen (secondary N) is 1. The van der Waals surface area contributed by atoms with Crippen molar-refractivity contribution in [2.45, 2.75) is 6.92 Å². The van der Waals surface area contributed by atoms with E-state index in [1.807, 2.05) is 6.92 Å². The van der Waals surface area contributed by atoms with Crippen LogP contribution in [-0.4, -0.2) is 16.5 Å². The van der Waals surface area contributed by atoms with Gasteiger partial charge >= 0.3 is 0 Å². The van der Waals surface area contributed by atoms with Crippen LogP contribution in [-0.2, 0) is 0 Å². The van der Waals surface area contributed by atoms with Crippen molar-refractivity contribution in [1.82, 2.24) is 9.97 Å². The molecule has 0 unspecified atom stereocenters. The van der Waals surface area contributed by atoms with Crippen molar-refractivity contribution < 1.29 is 0 Å². The van der Waals surface area contributed by atoms with Gasteiger partial charge in [-0.3, -0.25) is 0 Å². The summed E-state index contributed by atoms with van der Waals surface area (Å²) in [6.45, 7) is 2.82. The second kappa shape index (κ2) is 4.06. The maximum atomic E-state index is 5.64. The Kier molecular flexibility index (Phi) is 3.32. The fourth-order valence-corrected chi connectivity index (χ4v) is 1.22. The van der Waals surface area contributed by atoms with Crippen LogP contribution in [0.4, 0.5) is 5.82 Å². The Labute approximate surface area is 83.7 Å². The number of aromatic nitrogens is 2. The van der Waals surface area contributed by atoms with E-state index in [1.165, 1.54) is 6.20 Å².